The van der Waals surface area contributed by atoms with Gasteiger partial charge in [-0.2, -0.15) is 0 Å². The number of ether oxygens (including phenoxy) is 1. The highest BCUT2D eigenvalue weighted by Gasteiger charge is 2.03. The summed E-state index contributed by atoms with van der Waals surface area (Å²) in [4.78, 5) is 14.5. The molecule has 0 saturated heterocycles. The summed E-state index contributed by atoms with van der Waals surface area (Å²) in [7, 11) is 5.67. The molecule has 2 rings (SSSR count). The molecule has 0 atom stereocenters. The molecule has 0 aliphatic carbocycles. The molecule has 152 valence electrons. The Kier molecular flexibility index (Phi) is 12.0. The number of rotatable bonds is 11. The average molecular weight is 488 g/mol. The van der Waals surface area contributed by atoms with E-state index in [1.54, 1.807) is 14.2 Å². The number of aliphatic imine (C=N–C) groups is 1. The fourth-order valence-corrected chi connectivity index (χ4v) is 2.76. The van der Waals surface area contributed by atoms with Gasteiger partial charge < -0.3 is 25.3 Å². The van der Waals surface area contributed by atoms with Gasteiger partial charge in [0, 0.05) is 53.4 Å². The summed E-state index contributed by atoms with van der Waals surface area (Å²) >= 11 is 0. The van der Waals surface area contributed by atoms with E-state index in [1.807, 2.05) is 18.2 Å². The van der Waals surface area contributed by atoms with Gasteiger partial charge in [-0.25, -0.2) is 4.98 Å². The van der Waals surface area contributed by atoms with E-state index in [0.29, 0.717) is 0 Å². The lowest BCUT2D eigenvalue weighted by atomic mass is 10.3. The van der Waals surface area contributed by atoms with Gasteiger partial charge in [0.05, 0.1) is 11.0 Å². The van der Waals surface area contributed by atoms with Crippen LogP contribution in [0.1, 0.15) is 18.7 Å². The van der Waals surface area contributed by atoms with Crippen LogP contribution >= 0.6 is 24.0 Å². The fraction of sp³-hybridized carbons (Fsp3) is 0.579. The fourth-order valence-electron chi connectivity index (χ4n) is 2.76. The molecule has 0 amide bonds. The Morgan fingerprint density at radius 2 is 1.96 bits per heavy atom. The number of nitrogens with one attached hydrogen (secondary N) is 3. The highest BCUT2D eigenvalue weighted by Crippen LogP contribution is 2.10. The van der Waals surface area contributed by atoms with Crippen LogP contribution in [0.5, 0.6) is 0 Å². The van der Waals surface area contributed by atoms with E-state index in [4.69, 9.17) is 4.74 Å². The Bertz CT molecular complexity index is 642. The van der Waals surface area contributed by atoms with E-state index >= 15 is 0 Å². The zero-order valence-corrected chi connectivity index (χ0v) is 19.0. The molecule has 7 nitrogen and oxygen atoms in total. The molecule has 2 aromatic rings. The van der Waals surface area contributed by atoms with E-state index in [0.717, 1.165) is 74.9 Å². The number of fused-ring (bicyclic) bond motifs is 1. The van der Waals surface area contributed by atoms with Crippen LogP contribution in [-0.2, 0) is 11.2 Å². The lowest BCUT2D eigenvalue weighted by Crippen LogP contribution is -2.41. The Morgan fingerprint density at radius 3 is 2.70 bits per heavy atom. The van der Waals surface area contributed by atoms with Gasteiger partial charge in [0.25, 0.3) is 0 Å². The molecular weight excluding hydrogens is 455 g/mol. The number of nitrogens with zero attached hydrogens (tertiary/aromatic N) is 3. The van der Waals surface area contributed by atoms with Crippen LogP contribution in [0.4, 0.5) is 0 Å². The SMILES string of the molecule is CN=C(NCCCc1nc2ccccc2[nH]1)NCCN(C)CCCOC.I. The zero-order valence-electron chi connectivity index (χ0n) is 16.6. The molecule has 1 heterocycles. The van der Waals surface area contributed by atoms with E-state index < -0.39 is 0 Å². The van der Waals surface area contributed by atoms with Crippen molar-refractivity contribution in [2.45, 2.75) is 19.3 Å². The summed E-state index contributed by atoms with van der Waals surface area (Å²) in [5.41, 5.74) is 2.13. The average Bonchev–Trinajstić information content (AvgIpc) is 3.06. The number of guanidine groups is 1. The minimum atomic E-state index is 0. The number of H-pyrrole nitrogens is 1. The van der Waals surface area contributed by atoms with Crippen molar-refractivity contribution in [3.05, 3.63) is 30.1 Å². The zero-order chi connectivity index (χ0) is 18.6. The topological polar surface area (TPSA) is 77.6 Å². The standard InChI is InChI=1S/C19H32N6O.HI/c1-20-19(22-12-14-25(2)13-7-15-26-3)21-11-6-10-18-23-16-8-4-5-9-17(16)24-18;/h4-5,8-9H,6-7,10-15H2,1-3H3,(H,23,24)(H2,20,21,22);1H. The smallest absolute Gasteiger partial charge is 0.191 e. The van der Waals surface area contributed by atoms with Gasteiger partial charge in [-0.15, -0.1) is 24.0 Å². The molecule has 27 heavy (non-hydrogen) atoms. The Morgan fingerprint density at radius 1 is 1.19 bits per heavy atom. The predicted octanol–water partition coefficient (Wildman–Crippen LogP) is 2.25. The van der Waals surface area contributed by atoms with E-state index in [2.05, 4.69) is 43.6 Å². The van der Waals surface area contributed by atoms with Gasteiger partial charge in [0.1, 0.15) is 5.82 Å². The first kappa shape index (κ1) is 23.6. The molecule has 1 aromatic carbocycles. The van der Waals surface area contributed by atoms with Crippen molar-refractivity contribution in [1.29, 1.82) is 0 Å². The van der Waals surface area contributed by atoms with Gasteiger partial charge in [-0.3, -0.25) is 4.99 Å². The molecule has 0 unspecified atom stereocenters. The molecular formula is C19H33IN6O. The first-order valence-electron chi connectivity index (χ1n) is 9.28. The molecule has 0 bridgehead atoms. The van der Waals surface area contributed by atoms with E-state index in [-0.39, 0.29) is 24.0 Å². The van der Waals surface area contributed by atoms with Crippen LogP contribution in [0.2, 0.25) is 0 Å². The lowest BCUT2D eigenvalue weighted by molar-refractivity contribution is 0.180. The Labute approximate surface area is 179 Å². The summed E-state index contributed by atoms with van der Waals surface area (Å²) in [6, 6.07) is 8.13. The second-order valence-electron chi connectivity index (χ2n) is 6.38. The summed E-state index contributed by atoms with van der Waals surface area (Å²) in [6.45, 7) is 4.56. The van der Waals surface area contributed by atoms with Crippen LogP contribution in [0.15, 0.2) is 29.3 Å². The minimum absolute atomic E-state index is 0. The number of para-hydroxylation sites is 2. The number of imidazole rings is 1. The Balaban J connectivity index is 0.00000364. The minimum Gasteiger partial charge on any atom is -0.385 e. The van der Waals surface area contributed by atoms with Crippen LogP contribution in [0.3, 0.4) is 0 Å². The predicted molar refractivity (Wildman–Crippen MR) is 123 cm³/mol. The molecule has 0 saturated carbocycles. The maximum Gasteiger partial charge on any atom is 0.191 e. The van der Waals surface area contributed by atoms with Crippen molar-refractivity contribution < 1.29 is 4.74 Å². The van der Waals surface area contributed by atoms with Gasteiger partial charge in [-0.1, -0.05) is 12.1 Å². The number of halogens is 1. The molecule has 8 heteroatoms. The summed E-state index contributed by atoms with van der Waals surface area (Å²) in [5.74, 6) is 1.88. The Hall–Kier alpha value is -1.39. The van der Waals surface area contributed by atoms with Crippen molar-refractivity contribution in [2.24, 2.45) is 4.99 Å². The first-order valence-corrected chi connectivity index (χ1v) is 9.28. The number of aryl methyl sites for hydroxylation is 1. The van der Waals surface area contributed by atoms with Crippen molar-refractivity contribution in [1.82, 2.24) is 25.5 Å². The summed E-state index contributed by atoms with van der Waals surface area (Å²) < 4.78 is 5.08. The van der Waals surface area contributed by atoms with Crippen LogP contribution in [0, 0.1) is 0 Å². The molecule has 0 aliphatic heterocycles. The normalized spacial score (nSPS) is 11.6. The van der Waals surface area contributed by atoms with Crippen LogP contribution in [0.25, 0.3) is 11.0 Å². The third kappa shape index (κ3) is 8.89. The maximum atomic E-state index is 5.08. The highest BCUT2D eigenvalue weighted by molar-refractivity contribution is 14.0. The highest BCUT2D eigenvalue weighted by atomic mass is 127. The van der Waals surface area contributed by atoms with Crippen molar-refractivity contribution >= 4 is 41.0 Å². The quantitative estimate of drug-likeness (QED) is 0.196. The van der Waals surface area contributed by atoms with Gasteiger partial charge in [0.15, 0.2) is 5.96 Å². The monoisotopic (exact) mass is 488 g/mol. The molecule has 1 aromatic heterocycles. The van der Waals surface area contributed by atoms with Crippen LogP contribution < -0.4 is 10.6 Å². The molecule has 0 aliphatic rings. The molecule has 0 spiro atoms. The van der Waals surface area contributed by atoms with E-state index in [9.17, 15) is 0 Å². The number of aromatic amines is 1. The second kappa shape index (κ2) is 13.7. The number of methoxy groups -OCH3 is 1. The van der Waals surface area contributed by atoms with Gasteiger partial charge in [-0.05, 0) is 32.0 Å². The maximum absolute atomic E-state index is 5.08. The van der Waals surface area contributed by atoms with Crippen molar-refractivity contribution in [3.63, 3.8) is 0 Å². The van der Waals surface area contributed by atoms with Crippen molar-refractivity contribution in [3.8, 4) is 0 Å². The molecule has 0 fully saturated rings. The van der Waals surface area contributed by atoms with Gasteiger partial charge >= 0.3 is 0 Å². The number of benzene rings is 1. The largest absolute Gasteiger partial charge is 0.385 e. The second-order valence-corrected chi connectivity index (χ2v) is 6.38. The first-order chi connectivity index (χ1) is 12.7. The lowest BCUT2D eigenvalue weighted by Gasteiger charge is -2.18. The van der Waals surface area contributed by atoms with Gasteiger partial charge in [0.2, 0.25) is 0 Å². The number of likely N-dealkylation sites (N-methyl/N-ethyl adjacent to an activating group) is 1. The third-order valence-corrected chi connectivity index (χ3v) is 4.22. The molecule has 0 radical (unpaired) electrons. The summed E-state index contributed by atoms with van der Waals surface area (Å²) in [5, 5.41) is 6.71. The molecule has 3 N–H and O–H groups in total. The van der Waals surface area contributed by atoms with Crippen LogP contribution in [-0.4, -0.2) is 74.8 Å². The number of aromatic nitrogens is 2. The third-order valence-electron chi connectivity index (χ3n) is 4.22. The number of hydrogen-bond acceptors (Lipinski definition) is 4. The summed E-state index contributed by atoms with van der Waals surface area (Å²) in [6.07, 6.45) is 2.97. The van der Waals surface area contributed by atoms with Crippen molar-refractivity contribution in [2.75, 3.05) is 54.0 Å². The number of hydrogen-bond donors (Lipinski definition) is 3. The van der Waals surface area contributed by atoms with E-state index in [1.165, 1.54) is 0 Å².